The van der Waals surface area contributed by atoms with Gasteiger partial charge in [0.1, 0.15) is 12.1 Å². The minimum atomic E-state index is -0.480. The molecule has 3 rings (SSSR count). The van der Waals surface area contributed by atoms with Crippen LogP contribution in [0.2, 0.25) is 0 Å². The maximum atomic E-state index is 12.5. The first-order valence-electron chi connectivity index (χ1n) is 8.03. The predicted octanol–water partition coefficient (Wildman–Crippen LogP) is 1.83. The van der Waals surface area contributed by atoms with Crippen LogP contribution in [0.25, 0.3) is 5.69 Å². The van der Waals surface area contributed by atoms with E-state index in [2.05, 4.69) is 15.5 Å². The highest BCUT2D eigenvalue weighted by Gasteiger charge is 2.22. The number of hydrogen-bond donors (Lipinski definition) is 0. The van der Waals surface area contributed by atoms with Crippen molar-refractivity contribution in [3.8, 4) is 11.4 Å². The number of hydrogen-bond acceptors (Lipinski definition) is 5. The molecular formula is C16H21N5O2. The lowest BCUT2D eigenvalue weighted by atomic mass is 10.2. The number of ether oxygens (including phenoxy) is 1. The van der Waals surface area contributed by atoms with E-state index < -0.39 is 6.10 Å². The number of carbonyl (C=O) groups is 1. The maximum absolute atomic E-state index is 12.5. The van der Waals surface area contributed by atoms with Gasteiger partial charge < -0.3 is 9.64 Å². The molecule has 0 bridgehead atoms. The van der Waals surface area contributed by atoms with Crippen molar-refractivity contribution in [2.24, 2.45) is 0 Å². The summed E-state index contributed by atoms with van der Waals surface area (Å²) in [6.07, 6.45) is 5.63. The van der Waals surface area contributed by atoms with Gasteiger partial charge in [0, 0.05) is 13.1 Å². The van der Waals surface area contributed by atoms with Crippen molar-refractivity contribution in [1.29, 1.82) is 0 Å². The van der Waals surface area contributed by atoms with Gasteiger partial charge in [-0.2, -0.15) is 0 Å². The highest BCUT2D eigenvalue weighted by molar-refractivity contribution is 5.80. The van der Waals surface area contributed by atoms with Gasteiger partial charge in [0.2, 0.25) is 0 Å². The zero-order chi connectivity index (χ0) is 16.1. The summed E-state index contributed by atoms with van der Waals surface area (Å²) in [5.74, 6) is 0.731. The summed E-state index contributed by atoms with van der Waals surface area (Å²) in [6.45, 7) is 3.48. The van der Waals surface area contributed by atoms with Crippen molar-refractivity contribution in [3.63, 3.8) is 0 Å². The van der Waals surface area contributed by atoms with Gasteiger partial charge in [-0.3, -0.25) is 4.79 Å². The van der Waals surface area contributed by atoms with Crippen molar-refractivity contribution < 1.29 is 9.53 Å². The molecule has 0 spiro atoms. The first kappa shape index (κ1) is 15.5. The molecule has 1 aliphatic heterocycles. The summed E-state index contributed by atoms with van der Waals surface area (Å²) in [6, 6.07) is 7.36. The molecule has 1 saturated heterocycles. The second-order valence-corrected chi connectivity index (χ2v) is 5.75. The number of likely N-dealkylation sites (tertiary alicyclic amines) is 1. The Bertz CT molecular complexity index is 618. The zero-order valence-electron chi connectivity index (χ0n) is 13.3. The van der Waals surface area contributed by atoms with Gasteiger partial charge in [0.05, 0.1) is 5.69 Å². The average molecular weight is 315 g/mol. The van der Waals surface area contributed by atoms with Crippen LogP contribution in [0.4, 0.5) is 0 Å². The molecule has 7 nitrogen and oxygen atoms in total. The van der Waals surface area contributed by atoms with Gasteiger partial charge in [0.25, 0.3) is 5.91 Å². The number of nitrogens with zero attached hydrogens (tertiary/aromatic N) is 5. The Kier molecular flexibility index (Phi) is 4.85. The van der Waals surface area contributed by atoms with Gasteiger partial charge in [-0.25, -0.2) is 4.68 Å². The van der Waals surface area contributed by atoms with Crippen LogP contribution < -0.4 is 4.74 Å². The SMILES string of the molecule is C[C@H](Oc1ccc(-n2cnnn2)cc1)C(=O)N1CCCCCC1. The van der Waals surface area contributed by atoms with Crippen LogP contribution in [-0.4, -0.2) is 50.2 Å². The van der Waals surface area contributed by atoms with Crippen molar-refractivity contribution in [3.05, 3.63) is 30.6 Å². The number of tetrazole rings is 1. The second-order valence-electron chi connectivity index (χ2n) is 5.75. The van der Waals surface area contributed by atoms with Crippen LogP contribution >= 0.6 is 0 Å². The van der Waals surface area contributed by atoms with E-state index in [4.69, 9.17) is 4.74 Å². The summed E-state index contributed by atoms with van der Waals surface area (Å²) in [5, 5.41) is 11.0. The molecule has 0 aliphatic carbocycles. The molecule has 1 aliphatic rings. The van der Waals surface area contributed by atoms with Crippen LogP contribution in [0, 0.1) is 0 Å². The quantitative estimate of drug-likeness (QED) is 0.860. The third-order valence-electron chi connectivity index (χ3n) is 4.03. The Morgan fingerprint density at radius 2 is 1.83 bits per heavy atom. The second kappa shape index (κ2) is 7.21. The Balaban J connectivity index is 1.60. The van der Waals surface area contributed by atoms with E-state index in [0.717, 1.165) is 31.6 Å². The van der Waals surface area contributed by atoms with Crippen LogP contribution in [0.15, 0.2) is 30.6 Å². The van der Waals surface area contributed by atoms with Crippen LogP contribution in [0.5, 0.6) is 5.75 Å². The van der Waals surface area contributed by atoms with E-state index in [1.165, 1.54) is 19.2 Å². The fourth-order valence-corrected chi connectivity index (χ4v) is 2.76. The lowest BCUT2D eigenvalue weighted by molar-refractivity contribution is -0.137. The van der Waals surface area contributed by atoms with Crippen molar-refractivity contribution in [2.45, 2.75) is 38.7 Å². The van der Waals surface area contributed by atoms with Gasteiger partial charge in [0.15, 0.2) is 6.10 Å². The fraction of sp³-hybridized carbons (Fsp3) is 0.500. The van der Waals surface area contributed by atoms with E-state index in [0.29, 0.717) is 5.75 Å². The van der Waals surface area contributed by atoms with E-state index in [9.17, 15) is 4.79 Å². The molecule has 1 fully saturated rings. The Hall–Kier alpha value is -2.44. The van der Waals surface area contributed by atoms with Crippen molar-refractivity contribution in [2.75, 3.05) is 13.1 Å². The van der Waals surface area contributed by atoms with E-state index in [1.807, 2.05) is 36.1 Å². The molecule has 1 atom stereocenters. The molecule has 23 heavy (non-hydrogen) atoms. The van der Waals surface area contributed by atoms with E-state index in [-0.39, 0.29) is 5.91 Å². The van der Waals surface area contributed by atoms with Crippen molar-refractivity contribution in [1.82, 2.24) is 25.1 Å². The van der Waals surface area contributed by atoms with Gasteiger partial charge >= 0.3 is 0 Å². The molecule has 0 radical (unpaired) electrons. The molecule has 1 aromatic carbocycles. The standard InChI is InChI=1S/C16H21N5O2/c1-13(16(22)20-10-4-2-3-5-11-20)23-15-8-6-14(7-9-15)21-12-17-18-19-21/h6-9,12-13H,2-5,10-11H2,1H3/t13-/m0/s1. The number of carbonyl (C=O) groups excluding carboxylic acids is 1. The molecule has 2 aromatic rings. The summed E-state index contributed by atoms with van der Waals surface area (Å²) in [4.78, 5) is 14.4. The van der Waals surface area contributed by atoms with Gasteiger partial charge in [-0.15, -0.1) is 5.10 Å². The first-order chi connectivity index (χ1) is 11.2. The van der Waals surface area contributed by atoms with Crippen molar-refractivity contribution >= 4 is 5.91 Å². The minimum Gasteiger partial charge on any atom is -0.481 e. The summed E-state index contributed by atoms with van der Waals surface area (Å²) in [5.41, 5.74) is 0.842. The molecule has 7 heteroatoms. The molecule has 0 unspecified atom stereocenters. The Morgan fingerprint density at radius 1 is 1.13 bits per heavy atom. The smallest absolute Gasteiger partial charge is 0.263 e. The molecular weight excluding hydrogens is 294 g/mol. The number of aromatic nitrogens is 4. The van der Waals surface area contributed by atoms with E-state index in [1.54, 1.807) is 4.68 Å². The Morgan fingerprint density at radius 3 is 2.43 bits per heavy atom. The highest BCUT2D eigenvalue weighted by Crippen LogP contribution is 2.17. The lowest BCUT2D eigenvalue weighted by Crippen LogP contribution is -2.40. The largest absolute Gasteiger partial charge is 0.481 e. The molecule has 122 valence electrons. The normalized spacial score (nSPS) is 16.7. The molecule has 0 N–H and O–H groups in total. The topological polar surface area (TPSA) is 73.1 Å². The maximum Gasteiger partial charge on any atom is 0.263 e. The average Bonchev–Trinajstić information content (AvgIpc) is 2.97. The Labute approximate surface area is 135 Å². The van der Waals surface area contributed by atoms with Crippen LogP contribution in [0.1, 0.15) is 32.6 Å². The van der Waals surface area contributed by atoms with Crippen LogP contribution in [-0.2, 0) is 4.79 Å². The number of benzene rings is 1. The minimum absolute atomic E-state index is 0.0662. The summed E-state index contributed by atoms with van der Waals surface area (Å²) >= 11 is 0. The predicted molar refractivity (Wildman–Crippen MR) is 84.3 cm³/mol. The summed E-state index contributed by atoms with van der Waals surface area (Å²) < 4.78 is 7.36. The molecule has 1 aromatic heterocycles. The lowest BCUT2D eigenvalue weighted by Gasteiger charge is -2.24. The third kappa shape index (κ3) is 3.85. The monoisotopic (exact) mass is 315 g/mol. The molecule has 2 heterocycles. The molecule has 0 saturated carbocycles. The third-order valence-corrected chi connectivity index (χ3v) is 4.03. The summed E-state index contributed by atoms with van der Waals surface area (Å²) in [7, 11) is 0. The molecule has 1 amide bonds. The van der Waals surface area contributed by atoms with Gasteiger partial charge in [-0.1, -0.05) is 12.8 Å². The number of rotatable bonds is 4. The fourth-order valence-electron chi connectivity index (χ4n) is 2.76. The van der Waals surface area contributed by atoms with E-state index >= 15 is 0 Å². The van der Waals surface area contributed by atoms with Crippen LogP contribution in [0.3, 0.4) is 0 Å². The zero-order valence-corrected chi connectivity index (χ0v) is 13.3. The number of amides is 1. The highest BCUT2D eigenvalue weighted by atomic mass is 16.5. The van der Waals surface area contributed by atoms with Gasteiger partial charge in [-0.05, 0) is 54.5 Å². The first-order valence-corrected chi connectivity index (χ1v) is 8.03.